The fourth-order valence-electron chi connectivity index (χ4n) is 3.37. The van der Waals surface area contributed by atoms with E-state index < -0.39 is 0 Å². The van der Waals surface area contributed by atoms with Gasteiger partial charge in [0.25, 0.3) is 0 Å². The van der Waals surface area contributed by atoms with Crippen molar-refractivity contribution in [3.8, 4) is 17.3 Å². The van der Waals surface area contributed by atoms with Gasteiger partial charge < -0.3 is 14.8 Å². The van der Waals surface area contributed by atoms with Gasteiger partial charge in [0.15, 0.2) is 5.82 Å². The summed E-state index contributed by atoms with van der Waals surface area (Å²) in [5, 5.41) is 8.03. The second-order valence-electron chi connectivity index (χ2n) is 6.76. The molecule has 1 atom stereocenters. The number of nitrogens with zero attached hydrogens (tertiary/aromatic N) is 3. The fraction of sp³-hybridized carbons (Fsp3) is 0.333. The summed E-state index contributed by atoms with van der Waals surface area (Å²) in [4.78, 5) is 4.40. The molecule has 2 aromatic heterocycles. The first-order valence-corrected chi connectivity index (χ1v) is 9.31. The Balaban J connectivity index is 1.60. The van der Waals surface area contributed by atoms with Crippen LogP contribution in [0.5, 0.6) is 11.5 Å². The summed E-state index contributed by atoms with van der Waals surface area (Å²) < 4.78 is 13.6. The van der Waals surface area contributed by atoms with Crippen LogP contribution in [0.25, 0.3) is 5.82 Å². The number of pyridine rings is 1. The first-order valence-electron chi connectivity index (χ1n) is 9.31. The molecular formula is C21H24N4O2. The van der Waals surface area contributed by atoms with Crippen molar-refractivity contribution in [1.82, 2.24) is 14.8 Å². The zero-order valence-corrected chi connectivity index (χ0v) is 15.9. The zero-order chi connectivity index (χ0) is 18.8. The lowest BCUT2D eigenvalue weighted by atomic mass is 10.1. The molecule has 27 heavy (non-hydrogen) atoms. The number of rotatable bonds is 6. The SMILES string of the molecule is CCOc1cc2c(cc1CNc1cc(C)nn1-c1ccccn1)OC(C)C2. The minimum absolute atomic E-state index is 0.214. The van der Waals surface area contributed by atoms with Crippen LogP contribution in [0.2, 0.25) is 0 Å². The zero-order valence-electron chi connectivity index (χ0n) is 15.9. The minimum atomic E-state index is 0.214. The smallest absolute Gasteiger partial charge is 0.155 e. The largest absolute Gasteiger partial charge is 0.494 e. The normalized spacial score (nSPS) is 15.3. The van der Waals surface area contributed by atoms with Gasteiger partial charge in [-0.05, 0) is 45.0 Å². The van der Waals surface area contributed by atoms with Crippen LogP contribution in [0, 0.1) is 6.92 Å². The first-order chi connectivity index (χ1) is 13.1. The molecule has 0 aliphatic carbocycles. The van der Waals surface area contributed by atoms with Crippen molar-refractivity contribution in [2.24, 2.45) is 0 Å². The number of hydrogen-bond acceptors (Lipinski definition) is 5. The quantitative estimate of drug-likeness (QED) is 0.718. The molecule has 6 nitrogen and oxygen atoms in total. The number of fused-ring (bicyclic) bond motifs is 1. The van der Waals surface area contributed by atoms with Crippen molar-refractivity contribution in [2.75, 3.05) is 11.9 Å². The maximum Gasteiger partial charge on any atom is 0.155 e. The molecule has 0 saturated heterocycles. The molecule has 0 saturated carbocycles. The van der Waals surface area contributed by atoms with Gasteiger partial charge in [0.1, 0.15) is 23.4 Å². The van der Waals surface area contributed by atoms with Crippen molar-refractivity contribution in [1.29, 1.82) is 0 Å². The molecule has 1 unspecified atom stereocenters. The molecule has 3 aromatic rings. The average Bonchev–Trinajstić information content (AvgIpc) is 3.21. The van der Waals surface area contributed by atoms with Gasteiger partial charge in [0.05, 0.1) is 12.3 Å². The Hall–Kier alpha value is -3.02. The summed E-state index contributed by atoms with van der Waals surface area (Å²) in [7, 11) is 0. The van der Waals surface area contributed by atoms with E-state index in [1.54, 1.807) is 6.20 Å². The van der Waals surface area contributed by atoms with E-state index >= 15 is 0 Å². The van der Waals surface area contributed by atoms with Gasteiger partial charge in [-0.2, -0.15) is 9.78 Å². The van der Waals surface area contributed by atoms with Gasteiger partial charge >= 0.3 is 0 Å². The number of aryl methyl sites for hydroxylation is 1. The predicted molar refractivity (Wildman–Crippen MR) is 105 cm³/mol. The highest BCUT2D eigenvalue weighted by atomic mass is 16.5. The molecular weight excluding hydrogens is 340 g/mol. The molecule has 140 valence electrons. The van der Waals surface area contributed by atoms with Gasteiger partial charge in [-0.25, -0.2) is 4.98 Å². The van der Waals surface area contributed by atoms with Crippen LogP contribution in [-0.2, 0) is 13.0 Å². The van der Waals surface area contributed by atoms with Crippen LogP contribution in [0.4, 0.5) is 5.82 Å². The standard InChI is InChI=1S/C21H24N4O2/c1-4-26-18-11-16-10-15(3)27-19(16)12-17(18)13-23-21-9-14(2)24-25(21)20-7-5-6-8-22-20/h5-9,11-12,15,23H,4,10,13H2,1-3H3. The van der Waals surface area contributed by atoms with Crippen LogP contribution < -0.4 is 14.8 Å². The van der Waals surface area contributed by atoms with Gasteiger partial charge in [-0.1, -0.05) is 6.07 Å². The third-order valence-corrected chi connectivity index (χ3v) is 4.54. The Morgan fingerprint density at radius 1 is 1.30 bits per heavy atom. The Bertz CT molecular complexity index is 937. The lowest BCUT2D eigenvalue weighted by molar-refractivity contribution is 0.254. The summed E-state index contributed by atoms with van der Waals surface area (Å²) in [5.74, 6) is 3.53. The van der Waals surface area contributed by atoms with Crippen molar-refractivity contribution in [3.05, 3.63) is 59.4 Å². The fourth-order valence-corrected chi connectivity index (χ4v) is 3.37. The molecule has 0 spiro atoms. The number of nitrogens with one attached hydrogen (secondary N) is 1. The monoisotopic (exact) mass is 364 g/mol. The number of hydrogen-bond donors (Lipinski definition) is 1. The van der Waals surface area contributed by atoms with E-state index in [2.05, 4.69) is 34.5 Å². The topological polar surface area (TPSA) is 61.2 Å². The maximum atomic E-state index is 5.92. The van der Waals surface area contributed by atoms with Crippen LogP contribution in [0.15, 0.2) is 42.6 Å². The van der Waals surface area contributed by atoms with E-state index in [-0.39, 0.29) is 6.10 Å². The summed E-state index contributed by atoms with van der Waals surface area (Å²) in [6.45, 7) is 7.31. The minimum Gasteiger partial charge on any atom is -0.494 e. The molecule has 0 fully saturated rings. The Labute approximate surface area is 159 Å². The Morgan fingerprint density at radius 2 is 2.19 bits per heavy atom. The summed E-state index contributed by atoms with van der Waals surface area (Å²) in [6.07, 6.45) is 2.91. The van der Waals surface area contributed by atoms with Gasteiger partial charge in [0, 0.05) is 36.4 Å². The second kappa shape index (κ2) is 7.31. The first kappa shape index (κ1) is 17.4. The number of ether oxygens (including phenoxy) is 2. The van der Waals surface area contributed by atoms with Crippen molar-refractivity contribution < 1.29 is 9.47 Å². The van der Waals surface area contributed by atoms with Gasteiger partial charge in [-0.3, -0.25) is 0 Å². The number of benzene rings is 1. The van der Waals surface area contributed by atoms with E-state index in [1.807, 2.05) is 42.8 Å². The lowest BCUT2D eigenvalue weighted by Crippen LogP contribution is -2.09. The summed E-state index contributed by atoms with van der Waals surface area (Å²) in [6, 6.07) is 12.0. The molecule has 1 aliphatic rings. The number of anilines is 1. The van der Waals surface area contributed by atoms with E-state index in [0.717, 1.165) is 40.8 Å². The van der Waals surface area contributed by atoms with Crippen molar-refractivity contribution >= 4 is 5.82 Å². The van der Waals surface area contributed by atoms with E-state index in [0.29, 0.717) is 13.2 Å². The predicted octanol–water partition coefficient (Wildman–Crippen LogP) is 3.91. The Kier molecular flexibility index (Phi) is 4.71. The molecule has 0 radical (unpaired) electrons. The van der Waals surface area contributed by atoms with Gasteiger partial charge in [0.2, 0.25) is 0 Å². The second-order valence-corrected chi connectivity index (χ2v) is 6.76. The highest BCUT2D eigenvalue weighted by Gasteiger charge is 2.22. The van der Waals surface area contributed by atoms with E-state index in [4.69, 9.17) is 9.47 Å². The third-order valence-electron chi connectivity index (χ3n) is 4.54. The van der Waals surface area contributed by atoms with Crippen molar-refractivity contribution in [2.45, 2.75) is 39.8 Å². The van der Waals surface area contributed by atoms with E-state index in [1.165, 1.54) is 5.56 Å². The average molecular weight is 364 g/mol. The summed E-state index contributed by atoms with van der Waals surface area (Å²) >= 11 is 0. The number of aromatic nitrogens is 3. The highest BCUT2D eigenvalue weighted by molar-refractivity contribution is 5.51. The molecule has 1 N–H and O–H groups in total. The van der Waals surface area contributed by atoms with Gasteiger partial charge in [-0.15, -0.1) is 0 Å². The van der Waals surface area contributed by atoms with E-state index in [9.17, 15) is 0 Å². The maximum absolute atomic E-state index is 5.92. The van der Waals surface area contributed by atoms with Crippen molar-refractivity contribution in [3.63, 3.8) is 0 Å². The molecule has 3 heterocycles. The molecule has 4 rings (SSSR count). The van der Waals surface area contributed by atoms with Crippen LogP contribution >= 0.6 is 0 Å². The Morgan fingerprint density at radius 3 is 2.96 bits per heavy atom. The third kappa shape index (κ3) is 3.60. The molecule has 1 aliphatic heterocycles. The molecule has 0 bridgehead atoms. The molecule has 6 heteroatoms. The van der Waals surface area contributed by atoms with Crippen LogP contribution in [0.3, 0.4) is 0 Å². The summed E-state index contributed by atoms with van der Waals surface area (Å²) in [5.41, 5.74) is 3.21. The highest BCUT2D eigenvalue weighted by Crippen LogP contribution is 2.35. The lowest BCUT2D eigenvalue weighted by Gasteiger charge is -2.14. The molecule has 1 aromatic carbocycles. The van der Waals surface area contributed by atoms with Crippen LogP contribution in [-0.4, -0.2) is 27.5 Å². The van der Waals surface area contributed by atoms with Crippen LogP contribution in [0.1, 0.15) is 30.7 Å². The molecule has 0 amide bonds.